The van der Waals surface area contributed by atoms with E-state index in [1.165, 1.54) is 12.8 Å². The second kappa shape index (κ2) is 5.39. The fourth-order valence-corrected chi connectivity index (χ4v) is 3.31. The first-order valence-electron chi connectivity index (χ1n) is 7.08. The molecular formula is C15H22N2O2. The molecule has 4 nitrogen and oxygen atoms in total. The van der Waals surface area contributed by atoms with Gasteiger partial charge in [0.2, 0.25) is 0 Å². The molecule has 2 fully saturated rings. The van der Waals surface area contributed by atoms with Crippen molar-refractivity contribution in [3.8, 4) is 11.5 Å². The van der Waals surface area contributed by atoms with Crippen LogP contribution in [0.4, 0.5) is 0 Å². The number of nitrogens with zero attached hydrogens (tertiary/aromatic N) is 1. The van der Waals surface area contributed by atoms with Gasteiger partial charge in [0.25, 0.3) is 0 Å². The first-order chi connectivity index (χ1) is 9.26. The minimum atomic E-state index is 0.335. The molecule has 1 aromatic carbocycles. The Morgan fingerprint density at radius 2 is 2.32 bits per heavy atom. The van der Waals surface area contributed by atoms with Crippen molar-refractivity contribution in [2.24, 2.45) is 5.92 Å². The molecular weight excluding hydrogens is 240 g/mol. The molecule has 2 atom stereocenters. The quantitative estimate of drug-likeness (QED) is 0.868. The van der Waals surface area contributed by atoms with Crippen molar-refractivity contribution in [2.45, 2.75) is 25.4 Å². The SMILES string of the molecule is COc1ccc(CN2C[C@@H]3CCCN[C@@H]3C2)c(O)c1. The second-order valence-electron chi connectivity index (χ2n) is 5.65. The molecule has 0 aliphatic carbocycles. The fraction of sp³-hybridized carbons (Fsp3) is 0.600. The van der Waals surface area contributed by atoms with E-state index in [1.807, 2.05) is 12.1 Å². The lowest BCUT2D eigenvalue weighted by Gasteiger charge is -2.24. The van der Waals surface area contributed by atoms with Crippen LogP contribution in [0.1, 0.15) is 18.4 Å². The van der Waals surface area contributed by atoms with Crippen molar-refractivity contribution in [1.29, 1.82) is 0 Å². The van der Waals surface area contributed by atoms with Crippen LogP contribution in [0.25, 0.3) is 0 Å². The van der Waals surface area contributed by atoms with Crippen LogP contribution >= 0.6 is 0 Å². The summed E-state index contributed by atoms with van der Waals surface area (Å²) in [5.74, 6) is 1.83. The average molecular weight is 262 g/mol. The van der Waals surface area contributed by atoms with Gasteiger partial charge in [0.1, 0.15) is 11.5 Å². The van der Waals surface area contributed by atoms with E-state index in [9.17, 15) is 5.11 Å². The number of likely N-dealkylation sites (tertiary alicyclic amines) is 1. The third-order valence-corrected chi connectivity index (χ3v) is 4.36. The summed E-state index contributed by atoms with van der Waals surface area (Å²) in [7, 11) is 1.62. The minimum Gasteiger partial charge on any atom is -0.507 e. The van der Waals surface area contributed by atoms with Gasteiger partial charge < -0.3 is 15.2 Å². The second-order valence-corrected chi connectivity index (χ2v) is 5.65. The summed E-state index contributed by atoms with van der Waals surface area (Å²) >= 11 is 0. The third kappa shape index (κ3) is 2.69. The molecule has 2 heterocycles. The molecule has 0 unspecified atom stereocenters. The Morgan fingerprint density at radius 3 is 3.05 bits per heavy atom. The molecule has 0 bridgehead atoms. The summed E-state index contributed by atoms with van der Waals surface area (Å²) in [5.41, 5.74) is 0.986. The highest BCUT2D eigenvalue weighted by Crippen LogP contribution is 2.29. The molecule has 2 saturated heterocycles. The highest BCUT2D eigenvalue weighted by Gasteiger charge is 2.34. The maximum atomic E-state index is 10.0. The summed E-state index contributed by atoms with van der Waals surface area (Å²) in [4.78, 5) is 2.44. The van der Waals surface area contributed by atoms with E-state index in [4.69, 9.17) is 4.74 Å². The fourth-order valence-electron chi connectivity index (χ4n) is 3.31. The molecule has 2 aliphatic heterocycles. The first-order valence-corrected chi connectivity index (χ1v) is 7.08. The Hall–Kier alpha value is -1.26. The Balaban J connectivity index is 1.65. The number of nitrogens with one attached hydrogen (secondary N) is 1. The van der Waals surface area contributed by atoms with E-state index in [1.54, 1.807) is 13.2 Å². The zero-order chi connectivity index (χ0) is 13.2. The van der Waals surface area contributed by atoms with Crippen LogP contribution in [-0.2, 0) is 6.54 Å². The lowest BCUT2D eigenvalue weighted by molar-refractivity contribution is 0.307. The van der Waals surface area contributed by atoms with Crippen LogP contribution in [0.15, 0.2) is 18.2 Å². The lowest BCUT2D eigenvalue weighted by Crippen LogP contribution is -2.40. The van der Waals surface area contributed by atoms with Crippen LogP contribution in [0, 0.1) is 5.92 Å². The van der Waals surface area contributed by atoms with Gasteiger partial charge in [0, 0.05) is 37.3 Å². The monoisotopic (exact) mass is 262 g/mol. The van der Waals surface area contributed by atoms with Gasteiger partial charge in [-0.2, -0.15) is 0 Å². The number of rotatable bonds is 3. The van der Waals surface area contributed by atoms with Gasteiger partial charge in [0.15, 0.2) is 0 Å². The van der Waals surface area contributed by atoms with E-state index in [2.05, 4.69) is 10.2 Å². The van der Waals surface area contributed by atoms with Gasteiger partial charge in [-0.1, -0.05) is 6.07 Å². The van der Waals surface area contributed by atoms with Crippen LogP contribution in [0.3, 0.4) is 0 Å². The van der Waals surface area contributed by atoms with Crippen molar-refractivity contribution in [2.75, 3.05) is 26.7 Å². The number of piperidine rings is 1. The molecule has 104 valence electrons. The van der Waals surface area contributed by atoms with Gasteiger partial charge in [-0.05, 0) is 31.4 Å². The number of phenolic OH excluding ortho intramolecular Hbond substituents is 1. The van der Waals surface area contributed by atoms with Crippen LogP contribution < -0.4 is 10.1 Å². The summed E-state index contributed by atoms with van der Waals surface area (Å²) in [5, 5.41) is 13.6. The van der Waals surface area contributed by atoms with E-state index >= 15 is 0 Å². The Morgan fingerprint density at radius 1 is 1.42 bits per heavy atom. The summed E-state index contributed by atoms with van der Waals surface area (Å²) in [6.07, 6.45) is 2.63. The number of hydrogen-bond donors (Lipinski definition) is 2. The highest BCUT2D eigenvalue weighted by molar-refractivity contribution is 5.39. The normalized spacial score (nSPS) is 27.2. The number of phenols is 1. The number of aromatic hydroxyl groups is 1. The summed E-state index contributed by atoms with van der Waals surface area (Å²) in [6.45, 7) is 4.21. The van der Waals surface area contributed by atoms with Gasteiger partial charge in [-0.3, -0.25) is 4.90 Å². The molecule has 0 radical (unpaired) electrons. The highest BCUT2D eigenvalue weighted by atomic mass is 16.5. The van der Waals surface area contributed by atoms with Crippen LogP contribution in [-0.4, -0.2) is 42.8 Å². The zero-order valence-corrected chi connectivity index (χ0v) is 11.4. The number of benzene rings is 1. The molecule has 2 aliphatic rings. The maximum absolute atomic E-state index is 10.0. The van der Waals surface area contributed by atoms with E-state index in [-0.39, 0.29) is 0 Å². The molecule has 2 N–H and O–H groups in total. The standard InChI is InChI=1S/C15H22N2O2/c1-19-13-5-4-12(15(18)7-13)9-17-8-11-3-2-6-16-14(11)10-17/h4-5,7,11,14,16,18H,2-3,6,8-10H2,1H3/t11-,14+/m0/s1. The third-order valence-electron chi connectivity index (χ3n) is 4.36. The Labute approximate surface area is 114 Å². The number of fused-ring (bicyclic) bond motifs is 1. The molecule has 0 aromatic heterocycles. The van der Waals surface area contributed by atoms with Crippen molar-refractivity contribution in [3.05, 3.63) is 23.8 Å². The van der Waals surface area contributed by atoms with E-state index in [0.29, 0.717) is 17.5 Å². The molecule has 0 spiro atoms. The largest absolute Gasteiger partial charge is 0.507 e. The predicted octanol–water partition coefficient (Wildman–Crippen LogP) is 1.58. The van der Waals surface area contributed by atoms with Crippen molar-refractivity contribution < 1.29 is 9.84 Å². The first kappa shape index (κ1) is 12.8. The average Bonchev–Trinajstić information content (AvgIpc) is 2.83. The van der Waals surface area contributed by atoms with Gasteiger partial charge in [-0.25, -0.2) is 0 Å². The summed E-state index contributed by atoms with van der Waals surface area (Å²) < 4.78 is 5.11. The van der Waals surface area contributed by atoms with Gasteiger partial charge >= 0.3 is 0 Å². The van der Waals surface area contributed by atoms with Crippen molar-refractivity contribution in [3.63, 3.8) is 0 Å². The zero-order valence-electron chi connectivity index (χ0n) is 11.4. The maximum Gasteiger partial charge on any atom is 0.123 e. The van der Waals surface area contributed by atoms with Gasteiger partial charge in [-0.15, -0.1) is 0 Å². The molecule has 4 heteroatoms. The number of ether oxygens (including phenoxy) is 1. The number of methoxy groups -OCH3 is 1. The molecule has 3 rings (SSSR count). The summed E-state index contributed by atoms with van der Waals surface area (Å²) in [6, 6.07) is 6.21. The van der Waals surface area contributed by atoms with E-state index < -0.39 is 0 Å². The predicted molar refractivity (Wildman–Crippen MR) is 74.5 cm³/mol. The smallest absolute Gasteiger partial charge is 0.123 e. The van der Waals surface area contributed by atoms with Crippen molar-refractivity contribution >= 4 is 0 Å². The Bertz CT molecular complexity index is 436. The molecule has 1 aromatic rings. The topological polar surface area (TPSA) is 44.7 Å². The van der Waals surface area contributed by atoms with E-state index in [0.717, 1.165) is 37.7 Å². The number of hydrogen-bond acceptors (Lipinski definition) is 4. The molecule has 0 saturated carbocycles. The lowest BCUT2D eigenvalue weighted by atomic mass is 9.94. The molecule has 19 heavy (non-hydrogen) atoms. The van der Waals surface area contributed by atoms with Gasteiger partial charge in [0.05, 0.1) is 7.11 Å². The van der Waals surface area contributed by atoms with Crippen LogP contribution in [0.5, 0.6) is 11.5 Å². The minimum absolute atomic E-state index is 0.335. The Kier molecular flexibility index (Phi) is 3.62. The van der Waals surface area contributed by atoms with Crippen LogP contribution in [0.2, 0.25) is 0 Å². The molecule has 0 amide bonds. The van der Waals surface area contributed by atoms with Crippen molar-refractivity contribution in [1.82, 2.24) is 10.2 Å².